The number of para-hydroxylation sites is 1. The van der Waals surface area contributed by atoms with Gasteiger partial charge in [0.2, 0.25) is 0 Å². The highest BCUT2D eigenvalue weighted by atomic mass is 35.5. The Morgan fingerprint density at radius 2 is 2.16 bits per heavy atom. The van der Waals surface area contributed by atoms with E-state index in [-0.39, 0.29) is 28.8 Å². The summed E-state index contributed by atoms with van der Waals surface area (Å²) in [5, 5.41) is 2.99. The first-order valence-corrected chi connectivity index (χ1v) is 6.43. The number of amides is 1. The van der Waals surface area contributed by atoms with Crippen molar-refractivity contribution in [3.63, 3.8) is 0 Å². The fourth-order valence-electron chi connectivity index (χ4n) is 1.56. The van der Waals surface area contributed by atoms with Crippen LogP contribution in [0.15, 0.2) is 18.2 Å². The number of nitrogens with two attached hydrogens (primary N) is 1. The van der Waals surface area contributed by atoms with Crippen LogP contribution in [-0.4, -0.2) is 25.0 Å². The molecule has 1 aliphatic rings. The Balaban J connectivity index is 1.82. The van der Waals surface area contributed by atoms with Gasteiger partial charge < -0.3 is 15.8 Å². The monoisotopic (exact) mass is 282 g/mol. The number of nitrogen functional groups attached to an aromatic ring is 1. The van der Waals surface area contributed by atoms with E-state index >= 15 is 0 Å². The van der Waals surface area contributed by atoms with Crippen molar-refractivity contribution in [3.8, 4) is 0 Å². The molecule has 19 heavy (non-hydrogen) atoms. The SMILES string of the molecule is Nc1c(Cl)cccc1C(=O)OCC(=O)NCC1CC1. The minimum absolute atomic E-state index is 0.160. The van der Waals surface area contributed by atoms with Gasteiger partial charge >= 0.3 is 5.97 Å². The van der Waals surface area contributed by atoms with Gasteiger partial charge in [-0.05, 0) is 30.9 Å². The van der Waals surface area contributed by atoms with Crippen LogP contribution >= 0.6 is 11.6 Å². The zero-order valence-electron chi connectivity index (χ0n) is 10.3. The largest absolute Gasteiger partial charge is 0.452 e. The van der Waals surface area contributed by atoms with Crippen LogP contribution in [-0.2, 0) is 9.53 Å². The number of carbonyl (C=O) groups excluding carboxylic acids is 2. The maximum absolute atomic E-state index is 11.7. The molecule has 1 aromatic rings. The van der Waals surface area contributed by atoms with Gasteiger partial charge in [-0.2, -0.15) is 0 Å². The van der Waals surface area contributed by atoms with E-state index < -0.39 is 5.97 Å². The number of carbonyl (C=O) groups is 2. The lowest BCUT2D eigenvalue weighted by Crippen LogP contribution is -2.30. The molecule has 102 valence electrons. The zero-order valence-corrected chi connectivity index (χ0v) is 11.1. The Morgan fingerprint density at radius 3 is 2.84 bits per heavy atom. The van der Waals surface area contributed by atoms with E-state index in [4.69, 9.17) is 22.1 Å². The molecule has 1 amide bonds. The topological polar surface area (TPSA) is 81.4 Å². The molecule has 0 unspecified atom stereocenters. The van der Waals surface area contributed by atoms with Gasteiger partial charge in [-0.15, -0.1) is 0 Å². The predicted molar refractivity (Wildman–Crippen MR) is 71.9 cm³/mol. The summed E-state index contributed by atoms with van der Waals surface area (Å²) in [5.74, 6) is -0.370. The maximum atomic E-state index is 11.7. The highest BCUT2D eigenvalue weighted by Gasteiger charge is 2.22. The molecule has 5 nitrogen and oxygen atoms in total. The Morgan fingerprint density at radius 1 is 1.42 bits per heavy atom. The molecule has 1 aromatic carbocycles. The molecule has 1 saturated carbocycles. The summed E-state index contributed by atoms with van der Waals surface area (Å²) in [6.07, 6.45) is 2.30. The molecule has 3 N–H and O–H groups in total. The van der Waals surface area contributed by atoms with Gasteiger partial charge in [0.1, 0.15) is 0 Å². The summed E-state index contributed by atoms with van der Waals surface area (Å²) >= 11 is 5.80. The van der Waals surface area contributed by atoms with Crippen LogP contribution in [0, 0.1) is 5.92 Å². The molecular weight excluding hydrogens is 268 g/mol. The van der Waals surface area contributed by atoms with Crippen LogP contribution in [0.25, 0.3) is 0 Å². The second kappa shape index (κ2) is 5.93. The second-order valence-corrected chi connectivity index (χ2v) is 4.93. The molecule has 2 rings (SSSR count). The molecule has 0 spiro atoms. The predicted octanol–water partition coefficient (Wildman–Crippen LogP) is 1.61. The van der Waals surface area contributed by atoms with E-state index in [0.717, 1.165) is 12.8 Å². The number of halogens is 1. The molecule has 0 heterocycles. The Hall–Kier alpha value is -1.75. The van der Waals surface area contributed by atoms with Crippen LogP contribution in [0.5, 0.6) is 0 Å². The smallest absolute Gasteiger partial charge is 0.340 e. The van der Waals surface area contributed by atoms with Crippen LogP contribution < -0.4 is 11.1 Å². The Labute approximate surface area is 116 Å². The maximum Gasteiger partial charge on any atom is 0.340 e. The number of hydrogen-bond acceptors (Lipinski definition) is 4. The third kappa shape index (κ3) is 3.86. The second-order valence-electron chi connectivity index (χ2n) is 4.52. The van der Waals surface area contributed by atoms with Crippen LogP contribution in [0.3, 0.4) is 0 Å². The highest BCUT2D eigenvalue weighted by Crippen LogP contribution is 2.27. The first kappa shape index (κ1) is 13.7. The number of rotatable bonds is 5. The van der Waals surface area contributed by atoms with Gasteiger partial charge in [0.05, 0.1) is 16.3 Å². The standard InChI is InChI=1S/C13H15ClN2O3/c14-10-3-1-2-9(12(10)15)13(18)19-7-11(17)16-6-8-4-5-8/h1-3,8H,4-7,15H2,(H,16,17). The van der Waals surface area contributed by atoms with Crippen molar-refractivity contribution in [2.75, 3.05) is 18.9 Å². The van der Waals surface area contributed by atoms with Crippen LogP contribution in [0.4, 0.5) is 5.69 Å². The van der Waals surface area contributed by atoms with Gasteiger partial charge in [0, 0.05) is 6.54 Å². The number of ether oxygens (including phenoxy) is 1. The van der Waals surface area contributed by atoms with Gasteiger partial charge in [-0.25, -0.2) is 4.79 Å². The average molecular weight is 283 g/mol. The lowest BCUT2D eigenvalue weighted by atomic mass is 10.2. The van der Waals surface area contributed by atoms with Gasteiger partial charge in [0.15, 0.2) is 6.61 Å². The lowest BCUT2D eigenvalue weighted by Gasteiger charge is -2.08. The van der Waals surface area contributed by atoms with Gasteiger partial charge in [-0.1, -0.05) is 17.7 Å². The van der Waals surface area contributed by atoms with Crippen LogP contribution in [0.1, 0.15) is 23.2 Å². The molecule has 0 saturated heterocycles. The Bertz CT molecular complexity index is 501. The van der Waals surface area contributed by atoms with E-state index in [1.807, 2.05) is 0 Å². The van der Waals surface area contributed by atoms with Crippen molar-refractivity contribution < 1.29 is 14.3 Å². The normalized spacial score (nSPS) is 13.9. The first-order valence-electron chi connectivity index (χ1n) is 6.05. The van der Waals surface area contributed by atoms with Crippen molar-refractivity contribution in [1.29, 1.82) is 0 Å². The van der Waals surface area contributed by atoms with E-state index in [1.54, 1.807) is 12.1 Å². The van der Waals surface area contributed by atoms with E-state index in [0.29, 0.717) is 12.5 Å². The van der Waals surface area contributed by atoms with Gasteiger partial charge in [-0.3, -0.25) is 4.79 Å². The fraction of sp³-hybridized carbons (Fsp3) is 0.385. The lowest BCUT2D eigenvalue weighted by molar-refractivity contribution is -0.124. The highest BCUT2D eigenvalue weighted by molar-refractivity contribution is 6.33. The quantitative estimate of drug-likeness (QED) is 0.635. The summed E-state index contributed by atoms with van der Waals surface area (Å²) < 4.78 is 4.89. The molecule has 1 fully saturated rings. The molecule has 0 radical (unpaired) electrons. The summed E-state index contributed by atoms with van der Waals surface area (Å²) in [7, 11) is 0. The van der Waals surface area contributed by atoms with Crippen molar-refractivity contribution in [2.24, 2.45) is 5.92 Å². The fourth-order valence-corrected chi connectivity index (χ4v) is 1.73. The zero-order chi connectivity index (χ0) is 13.8. The Kier molecular flexibility index (Phi) is 4.27. The van der Waals surface area contributed by atoms with Crippen molar-refractivity contribution >= 4 is 29.2 Å². The van der Waals surface area contributed by atoms with Gasteiger partial charge in [0.25, 0.3) is 5.91 Å². The summed E-state index contributed by atoms with van der Waals surface area (Å²) in [5.41, 5.74) is 5.99. The molecular formula is C13H15ClN2O3. The number of esters is 1. The molecule has 0 aromatic heterocycles. The molecule has 6 heteroatoms. The minimum atomic E-state index is -0.651. The van der Waals surface area contributed by atoms with E-state index in [1.165, 1.54) is 6.07 Å². The number of nitrogens with one attached hydrogen (secondary N) is 1. The summed E-state index contributed by atoms with van der Waals surface area (Å²) in [6.45, 7) is 0.340. The summed E-state index contributed by atoms with van der Waals surface area (Å²) in [6, 6.07) is 4.68. The number of benzene rings is 1. The third-order valence-electron chi connectivity index (χ3n) is 2.89. The van der Waals surface area contributed by atoms with Crippen LogP contribution in [0.2, 0.25) is 5.02 Å². The minimum Gasteiger partial charge on any atom is -0.452 e. The molecule has 1 aliphatic carbocycles. The van der Waals surface area contributed by atoms with Crippen molar-refractivity contribution in [1.82, 2.24) is 5.32 Å². The summed E-state index contributed by atoms with van der Waals surface area (Å²) in [4.78, 5) is 23.1. The molecule has 0 atom stereocenters. The van der Waals surface area contributed by atoms with E-state index in [2.05, 4.69) is 5.32 Å². The molecule has 0 bridgehead atoms. The third-order valence-corrected chi connectivity index (χ3v) is 3.22. The molecule has 0 aliphatic heterocycles. The van der Waals surface area contributed by atoms with Crippen molar-refractivity contribution in [3.05, 3.63) is 28.8 Å². The van der Waals surface area contributed by atoms with E-state index in [9.17, 15) is 9.59 Å². The average Bonchev–Trinajstić information content (AvgIpc) is 3.21. The number of anilines is 1. The first-order chi connectivity index (χ1) is 9.08. The number of hydrogen-bond donors (Lipinski definition) is 2. The van der Waals surface area contributed by atoms with Crippen molar-refractivity contribution in [2.45, 2.75) is 12.8 Å².